The van der Waals surface area contributed by atoms with Gasteiger partial charge in [0.1, 0.15) is 5.75 Å². The second-order valence-electron chi connectivity index (χ2n) is 5.17. The Morgan fingerprint density at radius 3 is 2.64 bits per heavy atom. The molecule has 0 aromatic heterocycles. The van der Waals surface area contributed by atoms with Crippen LogP contribution in [0.1, 0.15) is 25.8 Å². The Morgan fingerprint density at radius 1 is 1.32 bits per heavy atom. The van der Waals surface area contributed by atoms with E-state index in [0.717, 1.165) is 12.2 Å². The van der Waals surface area contributed by atoms with Crippen LogP contribution in [-0.4, -0.2) is 23.8 Å². The van der Waals surface area contributed by atoms with Crippen LogP contribution in [-0.2, 0) is 11.3 Å². The molecule has 0 saturated heterocycles. The van der Waals surface area contributed by atoms with Gasteiger partial charge < -0.3 is 10.1 Å². The van der Waals surface area contributed by atoms with E-state index in [1.54, 1.807) is 6.07 Å². The Balaban J connectivity index is 2.42. The van der Waals surface area contributed by atoms with E-state index in [1.165, 1.54) is 30.0 Å². The molecule has 1 N–H and O–H groups in total. The van der Waals surface area contributed by atoms with Crippen molar-refractivity contribution in [1.82, 2.24) is 5.32 Å². The van der Waals surface area contributed by atoms with Crippen molar-refractivity contribution < 1.29 is 22.7 Å². The molecular weight excluding hydrogens is 315 g/mol. The predicted octanol–water partition coefficient (Wildman–Crippen LogP) is 3.98. The number of nitrogens with one attached hydrogen (secondary N) is 1. The van der Waals surface area contributed by atoms with Crippen molar-refractivity contribution in [3.63, 3.8) is 0 Å². The second kappa shape index (κ2) is 8.92. The maximum atomic E-state index is 12.3. The van der Waals surface area contributed by atoms with Crippen LogP contribution >= 0.6 is 11.8 Å². The Labute approximate surface area is 132 Å². The first-order valence-electron chi connectivity index (χ1n) is 6.96. The molecule has 1 amide bonds. The van der Waals surface area contributed by atoms with Crippen molar-refractivity contribution in [2.24, 2.45) is 5.92 Å². The molecule has 1 aromatic carbocycles. The summed E-state index contributed by atoms with van der Waals surface area (Å²) < 4.78 is 40.8. The molecule has 0 aliphatic rings. The van der Waals surface area contributed by atoms with Crippen LogP contribution in [0.4, 0.5) is 13.2 Å². The second-order valence-corrected chi connectivity index (χ2v) is 6.27. The monoisotopic (exact) mass is 335 g/mol. The van der Waals surface area contributed by atoms with E-state index in [1.807, 2.05) is 0 Å². The zero-order chi connectivity index (χ0) is 16.6. The van der Waals surface area contributed by atoms with Gasteiger partial charge in [0.15, 0.2) is 0 Å². The molecule has 0 atom stereocenters. The number of halogens is 3. The molecule has 0 bridgehead atoms. The standard InChI is InChI=1S/C15H20F3NO2S/c1-11(2)7-8-22-10-14(20)19-9-12-5-3-4-6-13(12)21-15(16,17)18/h3-6,11H,7-10H2,1-2H3,(H,19,20). The number of ether oxygens (including phenoxy) is 1. The number of para-hydroxylation sites is 1. The maximum Gasteiger partial charge on any atom is 0.573 e. The third-order valence-corrected chi connectivity index (χ3v) is 3.74. The third-order valence-electron chi connectivity index (χ3n) is 2.75. The zero-order valence-electron chi connectivity index (χ0n) is 12.6. The quantitative estimate of drug-likeness (QED) is 0.730. The van der Waals surface area contributed by atoms with Gasteiger partial charge in [0, 0.05) is 12.1 Å². The maximum absolute atomic E-state index is 12.3. The molecule has 0 aliphatic carbocycles. The fourth-order valence-corrected chi connectivity index (χ4v) is 2.67. The topological polar surface area (TPSA) is 38.3 Å². The summed E-state index contributed by atoms with van der Waals surface area (Å²) in [7, 11) is 0. The van der Waals surface area contributed by atoms with E-state index in [-0.39, 0.29) is 18.2 Å². The molecule has 3 nitrogen and oxygen atoms in total. The number of benzene rings is 1. The van der Waals surface area contributed by atoms with E-state index in [2.05, 4.69) is 23.9 Å². The number of carbonyl (C=O) groups is 1. The minimum atomic E-state index is -4.74. The highest BCUT2D eigenvalue weighted by molar-refractivity contribution is 7.99. The van der Waals surface area contributed by atoms with Crippen LogP contribution in [0, 0.1) is 5.92 Å². The van der Waals surface area contributed by atoms with E-state index in [4.69, 9.17) is 0 Å². The highest BCUT2D eigenvalue weighted by Crippen LogP contribution is 2.26. The van der Waals surface area contributed by atoms with Crippen molar-refractivity contribution in [2.45, 2.75) is 33.2 Å². The number of hydrogen-bond donors (Lipinski definition) is 1. The molecule has 1 rings (SSSR count). The van der Waals surface area contributed by atoms with Crippen molar-refractivity contribution in [1.29, 1.82) is 0 Å². The molecule has 0 radical (unpaired) electrons. The lowest BCUT2D eigenvalue weighted by Crippen LogP contribution is -2.26. The Morgan fingerprint density at radius 2 is 2.00 bits per heavy atom. The normalized spacial score (nSPS) is 11.5. The number of alkyl halides is 3. The van der Waals surface area contributed by atoms with Crippen molar-refractivity contribution in [3.05, 3.63) is 29.8 Å². The fraction of sp³-hybridized carbons (Fsp3) is 0.533. The Kier molecular flexibility index (Phi) is 7.58. The predicted molar refractivity (Wildman–Crippen MR) is 81.8 cm³/mol. The van der Waals surface area contributed by atoms with E-state index in [9.17, 15) is 18.0 Å². The van der Waals surface area contributed by atoms with E-state index >= 15 is 0 Å². The first-order valence-corrected chi connectivity index (χ1v) is 8.11. The molecule has 0 unspecified atom stereocenters. The largest absolute Gasteiger partial charge is 0.573 e. The summed E-state index contributed by atoms with van der Waals surface area (Å²) in [6.45, 7) is 4.23. The minimum absolute atomic E-state index is 0.00975. The minimum Gasteiger partial charge on any atom is -0.405 e. The van der Waals surface area contributed by atoms with Gasteiger partial charge in [-0.25, -0.2) is 0 Å². The lowest BCUT2D eigenvalue weighted by Gasteiger charge is -2.13. The van der Waals surface area contributed by atoms with Gasteiger partial charge in [0.25, 0.3) is 0 Å². The van der Waals surface area contributed by atoms with Crippen LogP contribution in [0.25, 0.3) is 0 Å². The molecule has 0 aliphatic heterocycles. The molecule has 7 heteroatoms. The van der Waals surface area contributed by atoms with Crippen molar-refractivity contribution >= 4 is 17.7 Å². The van der Waals surface area contributed by atoms with Crippen LogP contribution in [0.5, 0.6) is 5.75 Å². The third kappa shape index (κ3) is 8.17. The summed E-state index contributed by atoms with van der Waals surface area (Å²) in [6, 6.07) is 5.77. The summed E-state index contributed by atoms with van der Waals surface area (Å²) >= 11 is 1.52. The van der Waals surface area contributed by atoms with Gasteiger partial charge in [-0.1, -0.05) is 32.0 Å². The van der Waals surface area contributed by atoms with Crippen molar-refractivity contribution in [3.8, 4) is 5.75 Å². The number of carbonyl (C=O) groups excluding carboxylic acids is 1. The molecule has 1 aromatic rings. The molecule has 124 valence electrons. The fourth-order valence-electron chi connectivity index (χ4n) is 1.60. The molecule has 0 fully saturated rings. The lowest BCUT2D eigenvalue weighted by molar-refractivity contribution is -0.274. The zero-order valence-corrected chi connectivity index (χ0v) is 13.4. The van der Waals surface area contributed by atoms with Gasteiger partial charge in [-0.15, -0.1) is 13.2 Å². The van der Waals surface area contributed by atoms with Crippen LogP contribution in [0.15, 0.2) is 24.3 Å². The van der Waals surface area contributed by atoms with Gasteiger partial charge in [-0.3, -0.25) is 4.79 Å². The van der Waals surface area contributed by atoms with Gasteiger partial charge >= 0.3 is 6.36 Å². The van der Waals surface area contributed by atoms with E-state index in [0.29, 0.717) is 17.2 Å². The molecule has 0 heterocycles. The number of hydrogen-bond acceptors (Lipinski definition) is 3. The Bertz CT molecular complexity index is 478. The van der Waals surface area contributed by atoms with Gasteiger partial charge in [-0.05, 0) is 24.2 Å². The average molecular weight is 335 g/mol. The van der Waals surface area contributed by atoms with Gasteiger partial charge in [0.05, 0.1) is 5.75 Å². The first kappa shape index (κ1) is 18.7. The average Bonchev–Trinajstić information content (AvgIpc) is 2.41. The molecular formula is C15H20F3NO2S. The molecule has 0 spiro atoms. The van der Waals surface area contributed by atoms with Crippen LogP contribution in [0.3, 0.4) is 0 Å². The van der Waals surface area contributed by atoms with E-state index < -0.39 is 6.36 Å². The Hall–Kier alpha value is -1.37. The summed E-state index contributed by atoms with van der Waals surface area (Å²) in [4.78, 5) is 11.7. The highest BCUT2D eigenvalue weighted by Gasteiger charge is 2.31. The van der Waals surface area contributed by atoms with Gasteiger partial charge in [-0.2, -0.15) is 11.8 Å². The summed E-state index contributed by atoms with van der Waals surface area (Å²) in [5.74, 6) is 1.29. The molecule has 22 heavy (non-hydrogen) atoms. The van der Waals surface area contributed by atoms with Gasteiger partial charge in [0.2, 0.25) is 5.91 Å². The molecule has 0 saturated carbocycles. The highest BCUT2D eigenvalue weighted by atomic mass is 32.2. The summed E-state index contributed by atoms with van der Waals surface area (Å²) in [5.41, 5.74) is 0.292. The number of amides is 1. The smallest absolute Gasteiger partial charge is 0.405 e. The summed E-state index contributed by atoms with van der Waals surface area (Å²) in [6.07, 6.45) is -3.72. The van der Waals surface area contributed by atoms with Crippen molar-refractivity contribution in [2.75, 3.05) is 11.5 Å². The SMILES string of the molecule is CC(C)CCSCC(=O)NCc1ccccc1OC(F)(F)F. The first-order chi connectivity index (χ1) is 10.3. The lowest BCUT2D eigenvalue weighted by atomic mass is 10.2. The van der Waals surface area contributed by atoms with Crippen LogP contribution < -0.4 is 10.1 Å². The summed E-state index contributed by atoms with van der Waals surface area (Å²) in [5, 5.41) is 2.61. The van der Waals surface area contributed by atoms with Crippen LogP contribution in [0.2, 0.25) is 0 Å². The number of thioether (sulfide) groups is 1. The number of rotatable bonds is 8.